The highest BCUT2D eigenvalue weighted by Gasteiger charge is 2.42. The maximum absolute atomic E-state index is 14.3. The van der Waals surface area contributed by atoms with Gasteiger partial charge >= 0.3 is 0 Å². The lowest BCUT2D eigenvalue weighted by Crippen LogP contribution is -2.47. The standard InChI is InChI=1S/C20H20ClFN2O5S/c21-14-1-3-15(4-2-14)23-19(25)17-13-16(5-6-18(17)22)30(26,27)24-9-7-20(8-10-24)28-11-12-29-20/h1-6,13H,7-12H2,(H,23,25). The van der Waals surface area contributed by atoms with Crippen LogP contribution in [-0.2, 0) is 19.5 Å². The summed E-state index contributed by atoms with van der Waals surface area (Å²) in [6, 6.07) is 9.49. The van der Waals surface area contributed by atoms with Crippen LogP contribution in [0.5, 0.6) is 0 Å². The SMILES string of the molecule is O=C(Nc1ccc(Cl)cc1)c1cc(S(=O)(=O)N2CCC3(CC2)OCCO3)ccc1F. The molecule has 2 aliphatic rings. The molecule has 0 atom stereocenters. The molecule has 1 amide bonds. The Morgan fingerprint density at radius 2 is 1.70 bits per heavy atom. The minimum absolute atomic E-state index is 0.144. The highest BCUT2D eigenvalue weighted by molar-refractivity contribution is 7.89. The largest absolute Gasteiger partial charge is 0.347 e. The van der Waals surface area contributed by atoms with Gasteiger partial charge in [-0.05, 0) is 42.5 Å². The fourth-order valence-corrected chi connectivity index (χ4v) is 5.17. The van der Waals surface area contributed by atoms with Crippen molar-refractivity contribution >= 4 is 33.2 Å². The van der Waals surface area contributed by atoms with E-state index in [9.17, 15) is 17.6 Å². The van der Waals surface area contributed by atoms with E-state index < -0.39 is 27.5 Å². The second-order valence-electron chi connectivity index (χ2n) is 7.11. The van der Waals surface area contributed by atoms with E-state index in [-0.39, 0.29) is 23.5 Å². The van der Waals surface area contributed by atoms with Gasteiger partial charge < -0.3 is 14.8 Å². The molecule has 0 saturated carbocycles. The molecule has 4 rings (SSSR count). The Balaban J connectivity index is 1.53. The third-order valence-corrected chi connectivity index (χ3v) is 7.37. The smallest absolute Gasteiger partial charge is 0.258 e. The van der Waals surface area contributed by atoms with Crippen LogP contribution in [0, 0.1) is 5.82 Å². The van der Waals surface area contributed by atoms with Crippen molar-refractivity contribution in [1.82, 2.24) is 4.31 Å². The quantitative estimate of drug-likeness (QED) is 0.766. The first kappa shape index (κ1) is 21.2. The second-order valence-corrected chi connectivity index (χ2v) is 9.49. The summed E-state index contributed by atoms with van der Waals surface area (Å²) in [5.41, 5.74) is 0.0527. The number of halogens is 2. The molecule has 30 heavy (non-hydrogen) atoms. The third-order valence-electron chi connectivity index (χ3n) is 5.22. The predicted octanol–water partition coefficient (Wildman–Crippen LogP) is 3.26. The van der Waals surface area contributed by atoms with Gasteiger partial charge in [0.25, 0.3) is 5.91 Å². The van der Waals surface area contributed by atoms with E-state index in [1.54, 1.807) is 24.3 Å². The number of nitrogens with one attached hydrogen (secondary N) is 1. The summed E-state index contributed by atoms with van der Waals surface area (Å²) in [5.74, 6) is -2.28. The highest BCUT2D eigenvalue weighted by Crippen LogP contribution is 2.33. The van der Waals surface area contributed by atoms with E-state index >= 15 is 0 Å². The minimum atomic E-state index is -3.90. The molecule has 0 bridgehead atoms. The number of amides is 1. The number of ether oxygens (including phenoxy) is 2. The summed E-state index contributed by atoms with van der Waals surface area (Å²) in [7, 11) is -3.90. The Bertz CT molecular complexity index is 1050. The molecule has 160 valence electrons. The van der Waals surface area contributed by atoms with Crippen molar-refractivity contribution in [2.24, 2.45) is 0 Å². The first-order chi connectivity index (χ1) is 14.3. The van der Waals surface area contributed by atoms with Crippen molar-refractivity contribution in [3.63, 3.8) is 0 Å². The Morgan fingerprint density at radius 1 is 1.07 bits per heavy atom. The monoisotopic (exact) mass is 454 g/mol. The van der Waals surface area contributed by atoms with Gasteiger partial charge in [0.1, 0.15) is 5.82 Å². The van der Waals surface area contributed by atoms with Crippen molar-refractivity contribution in [1.29, 1.82) is 0 Å². The fraction of sp³-hybridized carbons (Fsp3) is 0.350. The number of nitrogens with zero attached hydrogens (tertiary/aromatic N) is 1. The maximum atomic E-state index is 14.3. The normalized spacial score (nSPS) is 19.1. The molecule has 2 fully saturated rings. The molecular weight excluding hydrogens is 435 g/mol. The van der Waals surface area contributed by atoms with Crippen LogP contribution >= 0.6 is 11.6 Å². The molecule has 2 saturated heterocycles. The lowest BCUT2D eigenvalue weighted by atomic mass is 10.1. The second kappa shape index (κ2) is 8.24. The Morgan fingerprint density at radius 3 is 2.33 bits per heavy atom. The lowest BCUT2D eigenvalue weighted by Gasteiger charge is -2.36. The van der Waals surface area contributed by atoms with Crippen molar-refractivity contribution in [2.45, 2.75) is 23.5 Å². The van der Waals surface area contributed by atoms with E-state index in [0.717, 1.165) is 18.2 Å². The van der Waals surface area contributed by atoms with Crippen LogP contribution in [0.1, 0.15) is 23.2 Å². The fourth-order valence-electron chi connectivity index (χ4n) is 3.57. The molecule has 0 aliphatic carbocycles. The van der Waals surface area contributed by atoms with Crippen LogP contribution in [0.25, 0.3) is 0 Å². The van der Waals surface area contributed by atoms with Crippen molar-refractivity contribution in [3.05, 3.63) is 58.9 Å². The van der Waals surface area contributed by atoms with Gasteiger partial charge in [0.2, 0.25) is 10.0 Å². The molecule has 2 aliphatic heterocycles. The van der Waals surface area contributed by atoms with Crippen molar-refractivity contribution in [2.75, 3.05) is 31.6 Å². The zero-order valence-electron chi connectivity index (χ0n) is 15.9. The van der Waals surface area contributed by atoms with Crippen molar-refractivity contribution in [3.8, 4) is 0 Å². The van der Waals surface area contributed by atoms with Gasteiger partial charge in [0, 0.05) is 36.6 Å². The van der Waals surface area contributed by atoms with Gasteiger partial charge in [0.05, 0.1) is 23.7 Å². The number of rotatable bonds is 4. The first-order valence-electron chi connectivity index (χ1n) is 9.44. The molecule has 7 nitrogen and oxygen atoms in total. The topological polar surface area (TPSA) is 84.9 Å². The van der Waals surface area contributed by atoms with E-state index in [4.69, 9.17) is 21.1 Å². The van der Waals surface area contributed by atoms with Gasteiger partial charge in [-0.15, -0.1) is 0 Å². The molecule has 2 aromatic carbocycles. The summed E-state index contributed by atoms with van der Waals surface area (Å²) < 4.78 is 52.9. The number of anilines is 1. The van der Waals surface area contributed by atoms with E-state index in [1.165, 1.54) is 4.31 Å². The summed E-state index contributed by atoms with van der Waals surface area (Å²) in [6.45, 7) is 1.42. The average molecular weight is 455 g/mol. The summed E-state index contributed by atoms with van der Waals surface area (Å²) in [4.78, 5) is 12.4. The molecule has 1 spiro atoms. The Hall–Kier alpha value is -2.04. The lowest BCUT2D eigenvalue weighted by molar-refractivity contribution is -0.179. The summed E-state index contributed by atoms with van der Waals surface area (Å²) in [6.07, 6.45) is 0.828. The number of benzene rings is 2. The van der Waals surface area contributed by atoms with Crippen LogP contribution in [-0.4, -0.2) is 50.7 Å². The number of sulfonamides is 1. The number of hydrogen-bond acceptors (Lipinski definition) is 5. The van der Waals surface area contributed by atoms with Gasteiger partial charge in [0.15, 0.2) is 5.79 Å². The maximum Gasteiger partial charge on any atom is 0.258 e. The first-order valence-corrected chi connectivity index (χ1v) is 11.3. The van der Waals surface area contributed by atoms with E-state index in [2.05, 4.69) is 5.32 Å². The zero-order valence-corrected chi connectivity index (χ0v) is 17.5. The number of hydrogen-bond donors (Lipinski definition) is 1. The third kappa shape index (κ3) is 4.21. The molecule has 2 aromatic rings. The molecular formula is C20H20ClFN2O5S. The van der Waals surface area contributed by atoms with Crippen molar-refractivity contribution < 1.29 is 27.1 Å². The average Bonchev–Trinajstić information content (AvgIpc) is 3.18. The van der Waals surface area contributed by atoms with Gasteiger partial charge in [-0.3, -0.25) is 4.79 Å². The van der Waals surface area contributed by atoms with Crippen LogP contribution in [0.15, 0.2) is 47.4 Å². The van der Waals surface area contributed by atoms with Crippen LogP contribution in [0.3, 0.4) is 0 Å². The van der Waals surface area contributed by atoms with E-state index in [1.807, 2.05) is 0 Å². The van der Waals surface area contributed by atoms with Crippen LogP contribution in [0.2, 0.25) is 5.02 Å². The van der Waals surface area contributed by atoms with E-state index in [0.29, 0.717) is 36.8 Å². The molecule has 0 aromatic heterocycles. The molecule has 2 heterocycles. The molecule has 1 N–H and O–H groups in total. The number of piperidine rings is 1. The highest BCUT2D eigenvalue weighted by atomic mass is 35.5. The number of carbonyl (C=O) groups is 1. The molecule has 10 heteroatoms. The molecule has 0 radical (unpaired) electrons. The Kier molecular flexibility index (Phi) is 5.82. The zero-order chi connectivity index (χ0) is 21.4. The van der Waals surface area contributed by atoms with Crippen LogP contribution in [0.4, 0.5) is 10.1 Å². The van der Waals surface area contributed by atoms with Gasteiger partial charge in [-0.2, -0.15) is 4.31 Å². The predicted molar refractivity (Wildman–Crippen MR) is 108 cm³/mol. The van der Waals surface area contributed by atoms with Crippen LogP contribution < -0.4 is 5.32 Å². The summed E-state index contributed by atoms with van der Waals surface area (Å²) >= 11 is 5.82. The van der Waals surface area contributed by atoms with Gasteiger partial charge in [-0.25, -0.2) is 12.8 Å². The number of carbonyl (C=O) groups excluding carboxylic acids is 1. The Labute approximate surface area is 178 Å². The summed E-state index contributed by atoms with van der Waals surface area (Å²) in [5, 5.41) is 3.03. The van der Waals surface area contributed by atoms with Gasteiger partial charge in [-0.1, -0.05) is 11.6 Å². The minimum Gasteiger partial charge on any atom is -0.347 e. The molecule has 0 unspecified atom stereocenters.